The van der Waals surface area contributed by atoms with E-state index in [9.17, 15) is 35.5 Å². The molecule has 0 aliphatic heterocycles. The zero-order chi connectivity index (χ0) is 20.1. The zero-order valence-electron chi connectivity index (χ0n) is 13.9. The van der Waals surface area contributed by atoms with Gasteiger partial charge in [0.05, 0.1) is 23.4 Å². The van der Waals surface area contributed by atoms with Crippen molar-refractivity contribution in [3.05, 3.63) is 57.7 Å². The highest BCUT2D eigenvalue weighted by Crippen LogP contribution is 2.38. The van der Waals surface area contributed by atoms with Crippen LogP contribution in [0.4, 0.5) is 5.69 Å². The van der Waals surface area contributed by atoms with Gasteiger partial charge in [-0.1, -0.05) is 0 Å². The average molecular weight is 371 g/mol. The first-order valence-corrected chi connectivity index (χ1v) is 7.30. The number of likely N-dealkylation sites (N-methyl/N-ethyl adjacent to an activating group) is 1. The van der Waals surface area contributed by atoms with E-state index in [4.69, 9.17) is 0 Å². The van der Waals surface area contributed by atoms with Crippen molar-refractivity contribution < 1.29 is 25.0 Å². The number of nitriles is 1. The molecule has 11 nitrogen and oxygen atoms in total. The van der Waals surface area contributed by atoms with Crippen LogP contribution < -0.4 is 0 Å². The lowest BCUT2D eigenvalue weighted by Gasteiger charge is -2.16. The smallest absolute Gasteiger partial charge is 0.315 e. The van der Waals surface area contributed by atoms with Crippen LogP contribution in [0.2, 0.25) is 0 Å². The van der Waals surface area contributed by atoms with Crippen molar-refractivity contribution in [1.29, 1.82) is 5.26 Å². The highest BCUT2D eigenvalue weighted by Gasteiger charge is 2.25. The van der Waals surface area contributed by atoms with E-state index >= 15 is 0 Å². The van der Waals surface area contributed by atoms with Crippen LogP contribution in [0.3, 0.4) is 0 Å². The SMILES string of the molecule is CN(Cc1cnccn1)C(=O)/C(C#N)=C(\O)c1cc(O)c(O)c([N+](=O)[O-])c1. The van der Waals surface area contributed by atoms with E-state index in [0.717, 1.165) is 17.0 Å². The lowest BCUT2D eigenvalue weighted by atomic mass is 10.1. The van der Waals surface area contributed by atoms with Crippen LogP contribution >= 0.6 is 0 Å². The van der Waals surface area contributed by atoms with Crippen molar-refractivity contribution >= 4 is 17.4 Å². The molecule has 0 spiro atoms. The van der Waals surface area contributed by atoms with E-state index in [2.05, 4.69) is 9.97 Å². The summed E-state index contributed by atoms with van der Waals surface area (Å²) in [5.41, 5.74) is -1.55. The molecule has 138 valence electrons. The lowest BCUT2D eigenvalue weighted by molar-refractivity contribution is -0.386. The van der Waals surface area contributed by atoms with Crippen LogP contribution in [-0.2, 0) is 11.3 Å². The number of aromatic nitrogens is 2. The Hall–Kier alpha value is -4.20. The molecule has 0 saturated heterocycles. The van der Waals surface area contributed by atoms with Crippen LogP contribution in [0, 0.1) is 21.4 Å². The van der Waals surface area contributed by atoms with Gasteiger partial charge in [-0.3, -0.25) is 24.9 Å². The number of aliphatic hydroxyl groups excluding tert-OH is 1. The molecule has 11 heteroatoms. The number of aliphatic hydroxyl groups is 1. The average Bonchev–Trinajstić information content (AvgIpc) is 2.64. The van der Waals surface area contributed by atoms with Gasteiger partial charge in [-0.15, -0.1) is 0 Å². The minimum Gasteiger partial charge on any atom is -0.506 e. The van der Waals surface area contributed by atoms with Gasteiger partial charge < -0.3 is 20.2 Å². The van der Waals surface area contributed by atoms with Gasteiger partial charge >= 0.3 is 5.69 Å². The molecular weight excluding hydrogens is 358 g/mol. The summed E-state index contributed by atoms with van der Waals surface area (Å²) >= 11 is 0. The van der Waals surface area contributed by atoms with Gasteiger partial charge in [0.2, 0.25) is 5.75 Å². The third-order valence-corrected chi connectivity index (χ3v) is 3.46. The van der Waals surface area contributed by atoms with Crippen LogP contribution in [0.15, 0.2) is 36.3 Å². The molecule has 0 aliphatic rings. The van der Waals surface area contributed by atoms with Gasteiger partial charge in [-0.2, -0.15) is 5.26 Å². The number of rotatable bonds is 5. The minimum atomic E-state index is -0.999. The third-order valence-electron chi connectivity index (χ3n) is 3.46. The van der Waals surface area contributed by atoms with Crippen molar-refractivity contribution in [3.8, 4) is 17.6 Å². The van der Waals surface area contributed by atoms with Crippen molar-refractivity contribution in [2.24, 2.45) is 0 Å². The Bertz CT molecular complexity index is 967. The second kappa shape index (κ2) is 7.79. The molecule has 0 aliphatic carbocycles. The molecule has 1 aromatic heterocycles. The monoisotopic (exact) mass is 371 g/mol. The lowest BCUT2D eigenvalue weighted by Crippen LogP contribution is -2.28. The minimum absolute atomic E-state index is 0.00783. The Morgan fingerprint density at radius 2 is 2.07 bits per heavy atom. The summed E-state index contributed by atoms with van der Waals surface area (Å²) in [6, 6.07) is 3.07. The van der Waals surface area contributed by atoms with E-state index in [1.165, 1.54) is 31.7 Å². The maximum absolute atomic E-state index is 12.5. The van der Waals surface area contributed by atoms with Crippen molar-refractivity contribution in [1.82, 2.24) is 14.9 Å². The predicted molar refractivity (Wildman–Crippen MR) is 90.1 cm³/mol. The normalized spacial score (nSPS) is 11.3. The first-order chi connectivity index (χ1) is 12.8. The molecule has 2 aromatic rings. The van der Waals surface area contributed by atoms with Gasteiger partial charge in [0.1, 0.15) is 11.8 Å². The number of nitro benzene ring substituents is 1. The number of nitrogens with zero attached hydrogens (tertiary/aromatic N) is 5. The number of carbonyl (C=O) groups excluding carboxylic acids is 1. The largest absolute Gasteiger partial charge is 0.506 e. The third kappa shape index (κ3) is 4.07. The molecule has 0 radical (unpaired) electrons. The maximum atomic E-state index is 12.5. The second-order valence-electron chi connectivity index (χ2n) is 5.31. The van der Waals surface area contributed by atoms with E-state index in [0.29, 0.717) is 5.69 Å². The Morgan fingerprint density at radius 1 is 1.37 bits per heavy atom. The number of benzene rings is 1. The maximum Gasteiger partial charge on any atom is 0.315 e. The second-order valence-corrected chi connectivity index (χ2v) is 5.31. The Morgan fingerprint density at radius 3 is 2.63 bits per heavy atom. The van der Waals surface area contributed by atoms with E-state index in [1.807, 2.05) is 0 Å². The summed E-state index contributed by atoms with van der Waals surface area (Å²) in [6.07, 6.45) is 4.28. The number of phenols is 2. The molecule has 0 bridgehead atoms. The summed E-state index contributed by atoms with van der Waals surface area (Å²) in [6.45, 7) is -0.00783. The molecule has 0 atom stereocenters. The number of hydrogen-bond donors (Lipinski definition) is 3. The van der Waals surface area contributed by atoms with Gasteiger partial charge in [-0.05, 0) is 6.07 Å². The molecule has 0 unspecified atom stereocenters. The molecule has 1 heterocycles. The molecule has 1 amide bonds. The van der Waals surface area contributed by atoms with Crippen LogP contribution in [0.5, 0.6) is 11.5 Å². The molecule has 27 heavy (non-hydrogen) atoms. The summed E-state index contributed by atoms with van der Waals surface area (Å²) in [5, 5.41) is 49.5. The fraction of sp³-hybridized carbons (Fsp3) is 0.125. The zero-order valence-corrected chi connectivity index (χ0v) is 13.9. The standard InChI is InChI=1S/C16H13N5O6/c1-20(8-10-7-18-2-3-19-10)16(25)11(6-17)14(23)9-4-12(21(26)27)15(24)13(22)5-9/h2-5,7,22-24H,8H2,1H3/b14-11-. The number of carbonyl (C=O) groups is 1. The predicted octanol–water partition coefficient (Wildman–Crippen LogP) is 1.25. The Kier molecular flexibility index (Phi) is 5.52. The first kappa shape index (κ1) is 19.1. The van der Waals surface area contributed by atoms with Gasteiger partial charge in [0.25, 0.3) is 5.91 Å². The molecule has 0 saturated carbocycles. The van der Waals surface area contributed by atoms with Crippen molar-refractivity contribution in [2.75, 3.05) is 7.05 Å². The highest BCUT2D eigenvalue weighted by atomic mass is 16.6. The molecular formula is C16H13N5O6. The van der Waals surface area contributed by atoms with Gasteiger partial charge in [0.15, 0.2) is 11.3 Å². The fourth-order valence-electron chi connectivity index (χ4n) is 2.14. The fourth-order valence-corrected chi connectivity index (χ4v) is 2.14. The first-order valence-electron chi connectivity index (χ1n) is 7.30. The number of amides is 1. The van der Waals surface area contributed by atoms with Crippen molar-refractivity contribution in [2.45, 2.75) is 6.54 Å². The Balaban J connectivity index is 2.42. The highest BCUT2D eigenvalue weighted by molar-refractivity contribution is 6.03. The number of hydrogen-bond acceptors (Lipinski definition) is 9. The van der Waals surface area contributed by atoms with E-state index in [1.54, 1.807) is 0 Å². The number of aromatic hydroxyl groups is 2. The number of phenolic OH excluding ortho intramolecular Hbond substituents is 2. The van der Waals surface area contributed by atoms with Gasteiger partial charge in [-0.25, -0.2) is 0 Å². The van der Waals surface area contributed by atoms with Crippen LogP contribution in [0.25, 0.3) is 5.76 Å². The quantitative estimate of drug-likeness (QED) is 0.174. The summed E-state index contributed by atoms with van der Waals surface area (Å²) in [7, 11) is 1.36. The summed E-state index contributed by atoms with van der Waals surface area (Å²) in [4.78, 5) is 31.3. The summed E-state index contributed by atoms with van der Waals surface area (Å²) < 4.78 is 0. The van der Waals surface area contributed by atoms with Crippen molar-refractivity contribution in [3.63, 3.8) is 0 Å². The summed E-state index contributed by atoms with van der Waals surface area (Å²) in [5.74, 6) is -3.65. The Labute approximate surface area is 152 Å². The topological polar surface area (TPSA) is 174 Å². The van der Waals surface area contributed by atoms with E-state index < -0.39 is 39.3 Å². The van der Waals surface area contributed by atoms with Gasteiger partial charge in [0, 0.05) is 31.1 Å². The van der Waals surface area contributed by atoms with Crippen LogP contribution in [0.1, 0.15) is 11.3 Å². The van der Waals surface area contributed by atoms with Crippen LogP contribution in [-0.4, -0.2) is 48.1 Å². The number of nitro groups is 1. The molecule has 1 aromatic carbocycles. The molecule has 0 fully saturated rings. The molecule has 3 N–H and O–H groups in total. The molecule has 2 rings (SSSR count). The van der Waals surface area contributed by atoms with E-state index in [-0.39, 0.29) is 12.1 Å².